The summed E-state index contributed by atoms with van der Waals surface area (Å²) in [6.45, 7) is 4.59. The summed E-state index contributed by atoms with van der Waals surface area (Å²) in [4.78, 5) is 27.1. The fraction of sp³-hybridized carbons (Fsp3) is 0.417. The Morgan fingerprint density at radius 1 is 1.10 bits per heavy atom. The van der Waals surface area contributed by atoms with Crippen LogP contribution < -0.4 is 10.1 Å². The highest BCUT2D eigenvalue weighted by atomic mass is 16.5. The largest absolute Gasteiger partial charge is 0.490 e. The summed E-state index contributed by atoms with van der Waals surface area (Å²) in [5, 5.41) is 13.1. The van der Waals surface area contributed by atoms with Gasteiger partial charge in [-0.05, 0) is 43.4 Å². The molecule has 6 heteroatoms. The average molecular weight is 411 g/mol. The standard InChI is InChI=1S/C24H30N2O4/c1-17-9-8-10-18(2)23(17)30-16-20(27)15-25-24(29)22(19-11-4-3-5-12-19)26-14-7-6-13-21(26)28/h3-5,8-12,20,22,27H,6-7,13-16H2,1-2H3,(H,25,29). The Bertz CT molecular complexity index is 849. The molecule has 0 radical (unpaired) electrons. The Labute approximate surface area is 177 Å². The van der Waals surface area contributed by atoms with Crippen molar-refractivity contribution in [1.82, 2.24) is 10.2 Å². The number of carbonyl (C=O) groups is 2. The Kier molecular flexibility index (Phi) is 7.46. The zero-order valence-corrected chi connectivity index (χ0v) is 17.6. The van der Waals surface area contributed by atoms with E-state index in [1.165, 1.54) is 0 Å². The number of benzene rings is 2. The summed E-state index contributed by atoms with van der Waals surface area (Å²) >= 11 is 0. The van der Waals surface area contributed by atoms with Gasteiger partial charge in [-0.2, -0.15) is 0 Å². The van der Waals surface area contributed by atoms with Crippen LogP contribution in [0.2, 0.25) is 0 Å². The maximum Gasteiger partial charge on any atom is 0.247 e. The number of nitrogens with one attached hydrogen (secondary N) is 1. The molecule has 0 bridgehead atoms. The van der Waals surface area contributed by atoms with Crippen LogP contribution in [0.25, 0.3) is 0 Å². The number of hydrogen-bond donors (Lipinski definition) is 2. The van der Waals surface area contributed by atoms with E-state index in [-0.39, 0.29) is 25.0 Å². The molecule has 2 amide bonds. The summed E-state index contributed by atoms with van der Waals surface area (Å²) in [7, 11) is 0. The minimum absolute atomic E-state index is 0.0100. The number of likely N-dealkylation sites (tertiary alicyclic amines) is 1. The molecule has 160 valence electrons. The van der Waals surface area contributed by atoms with E-state index in [2.05, 4.69) is 5.32 Å². The van der Waals surface area contributed by atoms with E-state index in [9.17, 15) is 14.7 Å². The first-order chi connectivity index (χ1) is 14.5. The van der Waals surface area contributed by atoms with Crippen molar-refractivity contribution in [2.24, 2.45) is 0 Å². The van der Waals surface area contributed by atoms with Gasteiger partial charge in [0.2, 0.25) is 11.8 Å². The van der Waals surface area contributed by atoms with Crippen molar-refractivity contribution in [2.45, 2.75) is 45.3 Å². The predicted octanol–water partition coefficient (Wildman–Crippen LogP) is 2.91. The molecule has 1 aliphatic heterocycles. The van der Waals surface area contributed by atoms with Gasteiger partial charge in [0.1, 0.15) is 24.5 Å². The molecule has 6 nitrogen and oxygen atoms in total. The summed E-state index contributed by atoms with van der Waals surface area (Å²) in [6.07, 6.45) is 1.34. The summed E-state index contributed by atoms with van der Waals surface area (Å²) in [5.41, 5.74) is 2.77. The normalized spacial score (nSPS) is 16.1. The highest BCUT2D eigenvalue weighted by Gasteiger charge is 2.32. The second kappa shape index (κ2) is 10.3. The Morgan fingerprint density at radius 3 is 2.47 bits per heavy atom. The number of amides is 2. The fourth-order valence-electron chi connectivity index (χ4n) is 3.79. The maximum absolute atomic E-state index is 13.0. The molecule has 3 rings (SSSR count). The van der Waals surface area contributed by atoms with E-state index in [0.29, 0.717) is 13.0 Å². The van der Waals surface area contributed by atoms with Crippen molar-refractivity contribution in [2.75, 3.05) is 19.7 Å². The molecular formula is C24H30N2O4. The first-order valence-electron chi connectivity index (χ1n) is 10.5. The molecule has 0 aromatic heterocycles. The third-order valence-electron chi connectivity index (χ3n) is 5.38. The van der Waals surface area contributed by atoms with Crippen LogP contribution in [-0.4, -0.2) is 47.6 Å². The topological polar surface area (TPSA) is 78.9 Å². The average Bonchev–Trinajstić information content (AvgIpc) is 2.74. The lowest BCUT2D eigenvalue weighted by Crippen LogP contribution is -2.47. The Morgan fingerprint density at radius 2 is 1.80 bits per heavy atom. The second-order valence-corrected chi connectivity index (χ2v) is 7.79. The van der Waals surface area contributed by atoms with Crippen molar-refractivity contribution in [1.29, 1.82) is 0 Å². The number of carbonyl (C=O) groups excluding carboxylic acids is 2. The van der Waals surface area contributed by atoms with E-state index in [1.54, 1.807) is 4.90 Å². The SMILES string of the molecule is Cc1cccc(C)c1OCC(O)CNC(=O)C(c1ccccc1)N1CCCCC1=O. The van der Waals surface area contributed by atoms with Gasteiger partial charge in [0.05, 0.1) is 0 Å². The van der Waals surface area contributed by atoms with Gasteiger partial charge in [-0.3, -0.25) is 9.59 Å². The lowest BCUT2D eigenvalue weighted by atomic mass is 10.0. The van der Waals surface area contributed by atoms with E-state index >= 15 is 0 Å². The van der Waals surface area contributed by atoms with Crippen LogP contribution in [-0.2, 0) is 9.59 Å². The van der Waals surface area contributed by atoms with Crippen LogP contribution in [0.5, 0.6) is 5.75 Å². The zero-order valence-electron chi connectivity index (χ0n) is 17.6. The van der Waals surface area contributed by atoms with Crippen LogP contribution >= 0.6 is 0 Å². The molecule has 1 heterocycles. The van der Waals surface area contributed by atoms with Gasteiger partial charge < -0.3 is 20.1 Å². The number of ether oxygens (including phenoxy) is 1. The highest BCUT2D eigenvalue weighted by molar-refractivity contribution is 5.89. The number of nitrogens with zero attached hydrogens (tertiary/aromatic N) is 1. The van der Waals surface area contributed by atoms with Gasteiger partial charge in [0.15, 0.2) is 0 Å². The van der Waals surface area contributed by atoms with Crippen LogP contribution in [0.15, 0.2) is 48.5 Å². The van der Waals surface area contributed by atoms with Crippen molar-refractivity contribution in [3.05, 3.63) is 65.2 Å². The van der Waals surface area contributed by atoms with E-state index in [4.69, 9.17) is 4.74 Å². The third-order valence-corrected chi connectivity index (χ3v) is 5.38. The molecule has 2 unspecified atom stereocenters. The molecule has 2 aromatic carbocycles. The number of hydrogen-bond acceptors (Lipinski definition) is 4. The molecular weight excluding hydrogens is 380 g/mol. The van der Waals surface area contributed by atoms with Crippen molar-refractivity contribution >= 4 is 11.8 Å². The van der Waals surface area contributed by atoms with E-state index < -0.39 is 12.1 Å². The van der Waals surface area contributed by atoms with Gasteiger partial charge in [-0.15, -0.1) is 0 Å². The first-order valence-corrected chi connectivity index (χ1v) is 10.5. The summed E-state index contributed by atoms with van der Waals surface area (Å²) < 4.78 is 5.77. The van der Waals surface area contributed by atoms with Gasteiger partial charge in [0, 0.05) is 19.5 Å². The molecule has 30 heavy (non-hydrogen) atoms. The predicted molar refractivity (Wildman–Crippen MR) is 115 cm³/mol. The summed E-state index contributed by atoms with van der Waals surface area (Å²) in [5.74, 6) is 0.454. The van der Waals surface area contributed by atoms with Crippen molar-refractivity contribution in [3.63, 3.8) is 0 Å². The van der Waals surface area contributed by atoms with Gasteiger partial charge in [-0.25, -0.2) is 0 Å². The summed E-state index contributed by atoms with van der Waals surface area (Å²) in [6, 6.07) is 14.5. The highest BCUT2D eigenvalue weighted by Crippen LogP contribution is 2.26. The molecule has 0 saturated carbocycles. The molecule has 2 atom stereocenters. The van der Waals surface area contributed by atoms with Crippen LogP contribution in [0.3, 0.4) is 0 Å². The minimum Gasteiger partial charge on any atom is -0.490 e. The van der Waals surface area contributed by atoms with Crippen LogP contribution in [0, 0.1) is 13.8 Å². The van der Waals surface area contributed by atoms with Gasteiger partial charge in [0.25, 0.3) is 0 Å². The van der Waals surface area contributed by atoms with Crippen molar-refractivity contribution < 1.29 is 19.4 Å². The lowest BCUT2D eigenvalue weighted by Gasteiger charge is -2.34. The zero-order chi connectivity index (χ0) is 21.5. The maximum atomic E-state index is 13.0. The molecule has 1 fully saturated rings. The molecule has 0 spiro atoms. The molecule has 1 saturated heterocycles. The molecule has 2 aromatic rings. The van der Waals surface area contributed by atoms with Crippen LogP contribution in [0.4, 0.5) is 0 Å². The molecule has 2 N–H and O–H groups in total. The molecule has 1 aliphatic rings. The number of para-hydroxylation sites is 1. The second-order valence-electron chi connectivity index (χ2n) is 7.79. The van der Waals surface area contributed by atoms with Crippen LogP contribution in [0.1, 0.15) is 42.0 Å². The number of aliphatic hydroxyl groups is 1. The minimum atomic E-state index is -0.860. The Hall–Kier alpha value is -2.86. The van der Waals surface area contributed by atoms with Crippen molar-refractivity contribution in [3.8, 4) is 5.75 Å². The number of piperidine rings is 1. The monoisotopic (exact) mass is 410 g/mol. The smallest absolute Gasteiger partial charge is 0.247 e. The third kappa shape index (κ3) is 5.39. The van der Waals surface area contributed by atoms with E-state index in [1.807, 2.05) is 62.4 Å². The Balaban J connectivity index is 1.62. The van der Waals surface area contributed by atoms with Gasteiger partial charge >= 0.3 is 0 Å². The van der Waals surface area contributed by atoms with E-state index in [0.717, 1.165) is 35.3 Å². The first kappa shape index (κ1) is 21.8. The number of rotatable bonds is 8. The fourth-order valence-corrected chi connectivity index (χ4v) is 3.79. The lowest BCUT2D eigenvalue weighted by molar-refractivity contribution is -0.143. The number of aliphatic hydroxyl groups excluding tert-OH is 1. The molecule has 0 aliphatic carbocycles. The number of aryl methyl sites for hydroxylation is 2. The quantitative estimate of drug-likeness (QED) is 0.701. The van der Waals surface area contributed by atoms with Gasteiger partial charge in [-0.1, -0.05) is 48.5 Å².